The van der Waals surface area contributed by atoms with Crippen LogP contribution in [0.1, 0.15) is 33.2 Å². The molecule has 4 rings (SSSR count). The highest BCUT2D eigenvalue weighted by Crippen LogP contribution is 2.18. The van der Waals surface area contributed by atoms with E-state index in [0.29, 0.717) is 23.5 Å². The smallest absolute Gasteiger partial charge is 0.251 e. The summed E-state index contributed by atoms with van der Waals surface area (Å²) >= 11 is 0. The Morgan fingerprint density at radius 3 is 2.60 bits per heavy atom. The number of nitrogens with zero attached hydrogens (tertiary/aromatic N) is 1. The average molecular weight is 398 g/mol. The molecule has 3 N–H and O–H groups in total. The third kappa shape index (κ3) is 4.38. The van der Waals surface area contributed by atoms with Gasteiger partial charge in [0.15, 0.2) is 5.78 Å². The van der Waals surface area contributed by atoms with Crippen molar-refractivity contribution in [3.05, 3.63) is 89.7 Å². The van der Waals surface area contributed by atoms with Crippen LogP contribution in [0.5, 0.6) is 0 Å². The molecular formula is C24H22N4O2. The highest BCUT2D eigenvalue weighted by Gasteiger charge is 2.08. The van der Waals surface area contributed by atoms with Crippen LogP contribution in [0.15, 0.2) is 73.1 Å². The standard InChI is InChI=1S/C24H22N4O2/c1-16(29)17-6-8-20(9-7-17)28-23-14-18(10-12-25-23)24(30)26-13-11-19-15-27-22-5-3-2-4-21(19)22/h2-10,12,14-15,27H,11,13H2,1H3,(H,25,28)(H,26,30). The number of rotatable bonds is 7. The number of H-pyrrole nitrogens is 1. The summed E-state index contributed by atoms with van der Waals surface area (Å²) in [4.78, 5) is 31.4. The Kier molecular flexibility index (Phi) is 5.57. The van der Waals surface area contributed by atoms with Gasteiger partial charge in [0.1, 0.15) is 5.82 Å². The second kappa shape index (κ2) is 8.61. The molecule has 0 unspecified atom stereocenters. The van der Waals surface area contributed by atoms with Gasteiger partial charge in [-0.2, -0.15) is 0 Å². The van der Waals surface area contributed by atoms with Crippen LogP contribution in [0.3, 0.4) is 0 Å². The van der Waals surface area contributed by atoms with Crippen molar-refractivity contribution in [2.75, 3.05) is 11.9 Å². The van der Waals surface area contributed by atoms with E-state index in [0.717, 1.165) is 17.6 Å². The average Bonchev–Trinajstić information content (AvgIpc) is 3.17. The summed E-state index contributed by atoms with van der Waals surface area (Å²) < 4.78 is 0. The highest BCUT2D eigenvalue weighted by molar-refractivity contribution is 5.95. The molecule has 0 spiro atoms. The van der Waals surface area contributed by atoms with Crippen LogP contribution in [0.2, 0.25) is 0 Å². The topological polar surface area (TPSA) is 86.9 Å². The molecule has 2 aromatic heterocycles. The van der Waals surface area contributed by atoms with Gasteiger partial charge in [-0.1, -0.05) is 18.2 Å². The summed E-state index contributed by atoms with van der Waals surface area (Å²) in [6.45, 7) is 2.07. The minimum Gasteiger partial charge on any atom is -0.361 e. The van der Waals surface area contributed by atoms with Crippen LogP contribution in [0, 0.1) is 0 Å². The number of fused-ring (bicyclic) bond motifs is 1. The van der Waals surface area contributed by atoms with Crippen LogP contribution in [0.25, 0.3) is 10.9 Å². The number of pyridine rings is 1. The van der Waals surface area contributed by atoms with Crippen molar-refractivity contribution in [2.45, 2.75) is 13.3 Å². The predicted octanol–water partition coefficient (Wildman–Crippen LogP) is 4.48. The lowest BCUT2D eigenvalue weighted by Crippen LogP contribution is -2.25. The van der Waals surface area contributed by atoms with Crippen LogP contribution in [-0.4, -0.2) is 28.2 Å². The number of para-hydroxylation sites is 1. The Labute approximate surface area is 174 Å². The molecule has 2 heterocycles. The zero-order valence-electron chi connectivity index (χ0n) is 16.6. The van der Waals surface area contributed by atoms with Gasteiger partial charge in [-0.05, 0) is 61.4 Å². The van der Waals surface area contributed by atoms with Gasteiger partial charge < -0.3 is 15.6 Å². The van der Waals surface area contributed by atoms with E-state index in [1.54, 1.807) is 30.5 Å². The second-order valence-electron chi connectivity index (χ2n) is 7.05. The van der Waals surface area contributed by atoms with Gasteiger partial charge in [-0.3, -0.25) is 9.59 Å². The van der Waals surface area contributed by atoms with Crippen molar-refractivity contribution in [1.29, 1.82) is 0 Å². The molecule has 6 heteroatoms. The molecule has 0 bridgehead atoms. The number of hydrogen-bond donors (Lipinski definition) is 3. The fourth-order valence-electron chi connectivity index (χ4n) is 3.33. The van der Waals surface area contributed by atoms with Crippen LogP contribution in [0.4, 0.5) is 11.5 Å². The summed E-state index contributed by atoms with van der Waals surface area (Å²) in [6, 6.07) is 18.7. The Balaban J connectivity index is 1.37. The molecule has 0 aliphatic rings. The Morgan fingerprint density at radius 1 is 1.00 bits per heavy atom. The maximum Gasteiger partial charge on any atom is 0.251 e. The Bertz CT molecular complexity index is 1200. The first-order chi connectivity index (χ1) is 14.6. The molecule has 2 aromatic carbocycles. The first-order valence-corrected chi connectivity index (χ1v) is 9.77. The molecule has 30 heavy (non-hydrogen) atoms. The van der Waals surface area contributed by atoms with Gasteiger partial charge in [0, 0.05) is 46.7 Å². The SMILES string of the molecule is CC(=O)c1ccc(Nc2cc(C(=O)NCCc3c[nH]c4ccccc34)ccn2)cc1. The molecule has 0 radical (unpaired) electrons. The van der Waals surface area contributed by atoms with E-state index in [2.05, 4.69) is 26.7 Å². The van der Waals surface area contributed by atoms with Crippen molar-refractivity contribution < 1.29 is 9.59 Å². The predicted molar refractivity (Wildman–Crippen MR) is 118 cm³/mol. The quantitative estimate of drug-likeness (QED) is 0.401. The summed E-state index contributed by atoms with van der Waals surface area (Å²) in [5.41, 5.74) is 4.25. The molecule has 6 nitrogen and oxygen atoms in total. The molecule has 4 aromatic rings. The molecule has 150 valence electrons. The molecule has 0 saturated carbocycles. The number of Topliss-reactive ketones (excluding diaryl/α,β-unsaturated/α-hetero) is 1. The van der Waals surface area contributed by atoms with E-state index in [1.165, 1.54) is 17.9 Å². The lowest BCUT2D eigenvalue weighted by molar-refractivity contribution is 0.0953. The number of nitrogens with one attached hydrogen (secondary N) is 3. The summed E-state index contributed by atoms with van der Waals surface area (Å²) in [5.74, 6) is 0.438. The molecule has 0 atom stereocenters. The van der Waals surface area contributed by atoms with Crippen molar-refractivity contribution in [1.82, 2.24) is 15.3 Å². The fourth-order valence-corrected chi connectivity index (χ4v) is 3.33. The zero-order chi connectivity index (χ0) is 20.9. The first kappa shape index (κ1) is 19.4. The van der Waals surface area contributed by atoms with Gasteiger partial charge in [0.05, 0.1) is 0 Å². The van der Waals surface area contributed by atoms with Gasteiger partial charge in [-0.25, -0.2) is 4.98 Å². The number of amides is 1. The largest absolute Gasteiger partial charge is 0.361 e. The Hall–Kier alpha value is -3.93. The molecule has 0 aliphatic heterocycles. The number of carbonyl (C=O) groups excluding carboxylic acids is 2. The number of aromatic nitrogens is 2. The van der Waals surface area contributed by atoms with E-state index in [9.17, 15) is 9.59 Å². The van der Waals surface area contributed by atoms with Crippen molar-refractivity contribution in [3.8, 4) is 0 Å². The van der Waals surface area contributed by atoms with E-state index in [1.807, 2.05) is 36.5 Å². The maximum absolute atomic E-state index is 12.5. The summed E-state index contributed by atoms with van der Waals surface area (Å²) in [5, 5.41) is 7.30. The molecule has 0 aliphatic carbocycles. The number of carbonyl (C=O) groups is 2. The van der Waals surface area contributed by atoms with Crippen LogP contribution >= 0.6 is 0 Å². The summed E-state index contributed by atoms with van der Waals surface area (Å²) in [6.07, 6.45) is 4.33. The highest BCUT2D eigenvalue weighted by atomic mass is 16.1. The van der Waals surface area contributed by atoms with Crippen LogP contribution < -0.4 is 10.6 Å². The molecular weight excluding hydrogens is 376 g/mol. The van der Waals surface area contributed by atoms with Crippen LogP contribution in [-0.2, 0) is 6.42 Å². The zero-order valence-corrected chi connectivity index (χ0v) is 16.6. The minimum absolute atomic E-state index is 0.0194. The number of benzene rings is 2. The Morgan fingerprint density at radius 2 is 1.80 bits per heavy atom. The third-order valence-corrected chi connectivity index (χ3v) is 4.94. The normalized spacial score (nSPS) is 10.7. The van der Waals surface area contributed by atoms with Gasteiger partial charge in [0.2, 0.25) is 0 Å². The van der Waals surface area contributed by atoms with Gasteiger partial charge >= 0.3 is 0 Å². The number of hydrogen-bond acceptors (Lipinski definition) is 4. The maximum atomic E-state index is 12.5. The van der Waals surface area contributed by atoms with Crippen molar-refractivity contribution in [3.63, 3.8) is 0 Å². The molecule has 0 fully saturated rings. The second-order valence-corrected chi connectivity index (χ2v) is 7.05. The first-order valence-electron chi connectivity index (χ1n) is 9.77. The number of anilines is 2. The summed E-state index contributed by atoms with van der Waals surface area (Å²) in [7, 11) is 0. The fraction of sp³-hybridized carbons (Fsp3) is 0.125. The third-order valence-electron chi connectivity index (χ3n) is 4.94. The van der Waals surface area contributed by atoms with E-state index in [-0.39, 0.29) is 11.7 Å². The lowest BCUT2D eigenvalue weighted by Gasteiger charge is -2.09. The lowest BCUT2D eigenvalue weighted by atomic mass is 10.1. The minimum atomic E-state index is -0.146. The van der Waals surface area contributed by atoms with Gasteiger partial charge in [0.25, 0.3) is 5.91 Å². The van der Waals surface area contributed by atoms with E-state index < -0.39 is 0 Å². The molecule has 1 amide bonds. The molecule has 0 saturated heterocycles. The van der Waals surface area contributed by atoms with E-state index in [4.69, 9.17) is 0 Å². The number of ketones is 1. The monoisotopic (exact) mass is 398 g/mol. The number of aromatic amines is 1. The van der Waals surface area contributed by atoms with Gasteiger partial charge in [-0.15, -0.1) is 0 Å². The van der Waals surface area contributed by atoms with E-state index >= 15 is 0 Å². The van der Waals surface area contributed by atoms with Crippen molar-refractivity contribution >= 4 is 34.1 Å². The van der Waals surface area contributed by atoms with Crippen molar-refractivity contribution in [2.24, 2.45) is 0 Å².